The van der Waals surface area contributed by atoms with Crippen LogP contribution < -0.4 is 5.32 Å². The van der Waals surface area contributed by atoms with E-state index in [4.69, 9.17) is 4.74 Å². The lowest BCUT2D eigenvalue weighted by atomic mass is 9.97. The maximum atomic E-state index is 12.4. The maximum absolute atomic E-state index is 12.4. The van der Waals surface area contributed by atoms with Crippen molar-refractivity contribution >= 4 is 17.6 Å². The molecule has 0 spiro atoms. The van der Waals surface area contributed by atoms with E-state index < -0.39 is 12.1 Å². The van der Waals surface area contributed by atoms with Gasteiger partial charge in [-0.3, -0.25) is 4.79 Å². The second-order valence-corrected chi connectivity index (χ2v) is 5.80. The zero-order chi connectivity index (χ0) is 17.5. The molecule has 2 rings (SSSR count). The third-order valence-electron chi connectivity index (χ3n) is 4.02. The average molecular weight is 325 g/mol. The lowest BCUT2D eigenvalue weighted by molar-refractivity contribution is -0.123. The fraction of sp³-hybridized carbons (Fsp3) is 0.300. The molecule has 0 heterocycles. The van der Waals surface area contributed by atoms with Crippen molar-refractivity contribution in [3.05, 3.63) is 65.7 Å². The van der Waals surface area contributed by atoms with E-state index in [2.05, 4.69) is 19.2 Å². The number of esters is 1. The Balaban J connectivity index is 2.03. The monoisotopic (exact) mass is 325 g/mol. The molecule has 0 bridgehead atoms. The molecular formula is C20H23NO3. The molecule has 2 aromatic carbocycles. The average Bonchev–Trinajstić information content (AvgIpc) is 2.62. The number of nitrogens with one attached hydrogen (secondary N) is 1. The SMILES string of the molecule is CC[C@H](C)c1ccccc1NC(=O)[C@@H](C)OC(=O)c1ccccc1. The van der Waals surface area contributed by atoms with Gasteiger partial charge >= 0.3 is 5.97 Å². The first kappa shape index (κ1) is 17.7. The van der Waals surface area contributed by atoms with E-state index in [0.29, 0.717) is 11.5 Å². The molecule has 0 unspecified atom stereocenters. The Morgan fingerprint density at radius 2 is 1.62 bits per heavy atom. The Kier molecular flexibility index (Phi) is 6.13. The van der Waals surface area contributed by atoms with Crippen LogP contribution in [-0.2, 0) is 9.53 Å². The fourth-order valence-electron chi connectivity index (χ4n) is 2.35. The minimum atomic E-state index is -0.873. The van der Waals surface area contributed by atoms with Crippen LogP contribution in [0.4, 0.5) is 5.69 Å². The van der Waals surface area contributed by atoms with Gasteiger partial charge < -0.3 is 10.1 Å². The van der Waals surface area contributed by atoms with E-state index in [-0.39, 0.29) is 5.91 Å². The summed E-state index contributed by atoms with van der Waals surface area (Å²) < 4.78 is 5.25. The van der Waals surface area contributed by atoms with E-state index in [1.165, 1.54) is 0 Å². The first-order valence-corrected chi connectivity index (χ1v) is 8.18. The standard InChI is InChI=1S/C20H23NO3/c1-4-14(2)17-12-8-9-13-18(17)21-19(22)15(3)24-20(23)16-10-6-5-7-11-16/h5-15H,4H2,1-3H3,(H,21,22)/t14-,15+/m0/s1. The summed E-state index contributed by atoms with van der Waals surface area (Å²) in [5.74, 6) is -0.507. The predicted molar refractivity (Wildman–Crippen MR) is 95.1 cm³/mol. The van der Waals surface area contributed by atoms with Gasteiger partial charge in [-0.05, 0) is 43.0 Å². The number of benzene rings is 2. The number of ether oxygens (including phenoxy) is 1. The van der Waals surface area contributed by atoms with Crippen LogP contribution in [0, 0.1) is 0 Å². The summed E-state index contributed by atoms with van der Waals surface area (Å²) in [4.78, 5) is 24.4. The number of hydrogen-bond acceptors (Lipinski definition) is 3. The highest BCUT2D eigenvalue weighted by atomic mass is 16.5. The Labute approximate surface area is 142 Å². The predicted octanol–water partition coefficient (Wildman–Crippen LogP) is 4.38. The highest BCUT2D eigenvalue weighted by Gasteiger charge is 2.20. The van der Waals surface area contributed by atoms with Gasteiger partial charge in [-0.1, -0.05) is 50.2 Å². The van der Waals surface area contributed by atoms with Crippen LogP contribution in [-0.4, -0.2) is 18.0 Å². The van der Waals surface area contributed by atoms with Gasteiger partial charge in [0.2, 0.25) is 0 Å². The van der Waals surface area contributed by atoms with Crippen molar-refractivity contribution in [3.63, 3.8) is 0 Å². The van der Waals surface area contributed by atoms with E-state index in [0.717, 1.165) is 17.7 Å². The smallest absolute Gasteiger partial charge is 0.338 e. The van der Waals surface area contributed by atoms with Crippen LogP contribution >= 0.6 is 0 Å². The van der Waals surface area contributed by atoms with Crippen molar-refractivity contribution in [2.45, 2.75) is 39.2 Å². The van der Waals surface area contributed by atoms with Gasteiger partial charge in [0.15, 0.2) is 6.10 Å². The molecule has 0 aromatic heterocycles. The van der Waals surface area contributed by atoms with Gasteiger partial charge in [0, 0.05) is 5.69 Å². The van der Waals surface area contributed by atoms with Gasteiger partial charge in [-0.25, -0.2) is 4.79 Å². The van der Waals surface area contributed by atoms with Crippen molar-refractivity contribution in [1.29, 1.82) is 0 Å². The highest BCUT2D eigenvalue weighted by molar-refractivity contribution is 5.97. The summed E-state index contributed by atoms with van der Waals surface area (Å²) in [6, 6.07) is 16.3. The highest BCUT2D eigenvalue weighted by Crippen LogP contribution is 2.26. The third kappa shape index (κ3) is 4.44. The Morgan fingerprint density at radius 3 is 2.29 bits per heavy atom. The number of amides is 1. The van der Waals surface area contributed by atoms with Crippen molar-refractivity contribution in [1.82, 2.24) is 0 Å². The molecule has 2 atom stereocenters. The number of carbonyl (C=O) groups is 2. The number of carbonyl (C=O) groups excluding carboxylic acids is 2. The van der Waals surface area contributed by atoms with Gasteiger partial charge in [0.25, 0.3) is 5.91 Å². The molecule has 0 fully saturated rings. The van der Waals surface area contributed by atoms with Crippen LogP contribution in [0.1, 0.15) is 49.0 Å². The van der Waals surface area contributed by atoms with Crippen LogP contribution in [0.25, 0.3) is 0 Å². The zero-order valence-corrected chi connectivity index (χ0v) is 14.3. The molecular weight excluding hydrogens is 302 g/mol. The van der Waals surface area contributed by atoms with Crippen molar-refractivity contribution in [2.75, 3.05) is 5.32 Å². The van der Waals surface area contributed by atoms with Crippen LogP contribution in [0.2, 0.25) is 0 Å². The lowest BCUT2D eigenvalue weighted by Gasteiger charge is -2.18. The van der Waals surface area contributed by atoms with Gasteiger partial charge in [-0.2, -0.15) is 0 Å². The lowest BCUT2D eigenvalue weighted by Crippen LogP contribution is -2.30. The summed E-state index contributed by atoms with van der Waals surface area (Å²) >= 11 is 0. The number of hydrogen-bond donors (Lipinski definition) is 1. The number of rotatable bonds is 6. The van der Waals surface area contributed by atoms with Gasteiger partial charge in [0.1, 0.15) is 0 Å². The van der Waals surface area contributed by atoms with E-state index in [9.17, 15) is 9.59 Å². The third-order valence-corrected chi connectivity index (χ3v) is 4.02. The molecule has 4 heteroatoms. The van der Waals surface area contributed by atoms with E-state index >= 15 is 0 Å². The van der Waals surface area contributed by atoms with E-state index in [1.54, 1.807) is 31.2 Å². The summed E-state index contributed by atoms with van der Waals surface area (Å²) in [6.07, 6.45) is 0.105. The van der Waals surface area contributed by atoms with Crippen molar-refractivity contribution in [2.24, 2.45) is 0 Å². The molecule has 0 radical (unpaired) electrons. The summed E-state index contributed by atoms with van der Waals surface area (Å²) in [7, 11) is 0. The Morgan fingerprint density at radius 1 is 1.00 bits per heavy atom. The van der Waals surface area contributed by atoms with E-state index in [1.807, 2.05) is 30.3 Å². The van der Waals surface area contributed by atoms with Crippen molar-refractivity contribution in [3.8, 4) is 0 Å². The fourth-order valence-corrected chi connectivity index (χ4v) is 2.35. The normalized spacial score (nSPS) is 13.0. The quantitative estimate of drug-likeness (QED) is 0.802. The second kappa shape index (κ2) is 8.29. The summed E-state index contributed by atoms with van der Waals surface area (Å²) in [5.41, 5.74) is 2.27. The van der Waals surface area contributed by atoms with Gasteiger partial charge in [-0.15, -0.1) is 0 Å². The Bertz CT molecular complexity index is 697. The molecule has 4 nitrogen and oxygen atoms in total. The maximum Gasteiger partial charge on any atom is 0.338 e. The van der Waals surface area contributed by atoms with Crippen LogP contribution in [0.3, 0.4) is 0 Å². The number of para-hydroxylation sites is 1. The molecule has 2 aromatic rings. The molecule has 126 valence electrons. The molecule has 0 aliphatic carbocycles. The summed E-state index contributed by atoms with van der Waals surface area (Å²) in [5, 5.41) is 2.87. The topological polar surface area (TPSA) is 55.4 Å². The molecule has 24 heavy (non-hydrogen) atoms. The summed E-state index contributed by atoms with van der Waals surface area (Å²) in [6.45, 7) is 5.79. The second-order valence-electron chi connectivity index (χ2n) is 5.80. The first-order chi connectivity index (χ1) is 11.5. The molecule has 1 N–H and O–H groups in total. The van der Waals surface area contributed by atoms with Crippen LogP contribution in [0.5, 0.6) is 0 Å². The minimum Gasteiger partial charge on any atom is -0.449 e. The minimum absolute atomic E-state index is 0.337. The molecule has 0 aliphatic heterocycles. The van der Waals surface area contributed by atoms with Gasteiger partial charge in [0.05, 0.1) is 5.56 Å². The zero-order valence-electron chi connectivity index (χ0n) is 14.3. The molecule has 1 amide bonds. The molecule has 0 saturated heterocycles. The Hall–Kier alpha value is -2.62. The van der Waals surface area contributed by atoms with Crippen molar-refractivity contribution < 1.29 is 14.3 Å². The molecule has 0 aliphatic rings. The van der Waals surface area contributed by atoms with Crippen LogP contribution in [0.15, 0.2) is 54.6 Å². The molecule has 0 saturated carbocycles. The largest absolute Gasteiger partial charge is 0.449 e. The number of anilines is 1. The first-order valence-electron chi connectivity index (χ1n) is 8.18.